The molecule has 2 aliphatic rings. The number of H-pyrrole nitrogens is 1. The van der Waals surface area contributed by atoms with Gasteiger partial charge in [-0.2, -0.15) is 0 Å². The van der Waals surface area contributed by atoms with Gasteiger partial charge >= 0.3 is 0 Å². The monoisotopic (exact) mass is 439 g/mol. The third kappa shape index (κ3) is 4.37. The van der Waals surface area contributed by atoms with Gasteiger partial charge in [0.1, 0.15) is 23.5 Å². The molecule has 1 aromatic heterocycles. The summed E-state index contributed by atoms with van der Waals surface area (Å²) >= 11 is 0. The smallest absolute Gasteiger partial charge is 0.289 e. The van der Waals surface area contributed by atoms with E-state index in [1.807, 2.05) is 31.2 Å². The summed E-state index contributed by atoms with van der Waals surface area (Å²) in [4.78, 5) is 28.3. The lowest BCUT2D eigenvalue weighted by molar-refractivity contribution is -0.118. The Bertz CT molecular complexity index is 1150. The van der Waals surface area contributed by atoms with E-state index in [0.29, 0.717) is 30.7 Å². The maximum Gasteiger partial charge on any atom is 0.289 e. The number of rotatable bonds is 6. The number of carbonyl (C=O) groups excluding carboxylic acids is 2. The number of hydrogen-bond acceptors (Lipinski definition) is 4. The summed E-state index contributed by atoms with van der Waals surface area (Å²) in [7, 11) is 0. The SMILES string of the molecule is C=C(/C=C\C=C/C)Cc1nnc(C(=O)N[C@@H]2CC3(CC3)c3cc(F)cc(F)c3NC2=O)[nH]1. The van der Waals surface area contributed by atoms with Gasteiger partial charge in [0, 0.05) is 17.9 Å². The van der Waals surface area contributed by atoms with Gasteiger partial charge in [0.2, 0.25) is 11.7 Å². The van der Waals surface area contributed by atoms with Gasteiger partial charge < -0.3 is 15.6 Å². The van der Waals surface area contributed by atoms with E-state index in [4.69, 9.17) is 0 Å². The van der Waals surface area contributed by atoms with Crippen LogP contribution in [0.4, 0.5) is 14.5 Å². The number of aromatic nitrogens is 3. The van der Waals surface area contributed by atoms with Crippen molar-refractivity contribution >= 4 is 17.5 Å². The van der Waals surface area contributed by atoms with Crippen LogP contribution in [0, 0.1) is 11.6 Å². The molecule has 9 heteroatoms. The number of amides is 2. The first-order chi connectivity index (χ1) is 15.3. The van der Waals surface area contributed by atoms with Gasteiger partial charge in [-0.3, -0.25) is 9.59 Å². The van der Waals surface area contributed by atoms with Crippen molar-refractivity contribution < 1.29 is 18.4 Å². The number of nitrogens with one attached hydrogen (secondary N) is 3. The third-order valence-corrected chi connectivity index (χ3v) is 5.72. The van der Waals surface area contributed by atoms with E-state index in [0.717, 1.165) is 11.6 Å². The van der Waals surface area contributed by atoms with Crippen LogP contribution in [-0.4, -0.2) is 33.0 Å². The Morgan fingerprint density at radius 1 is 1.31 bits per heavy atom. The largest absolute Gasteiger partial charge is 0.337 e. The van der Waals surface area contributed by atoms with Crippen LogP contribution in [0.25, 0.3) is 0 Å². The molecule has 0 saturated heterocycles. The highest BCUT2D eigenvalue weighted by Gasteiger charge is 2.51. The molecule has 0 bridgehead atoms. The quantitative estimate of drug-likeness (QED) is 0.600. The molecular weight excluding hydrogens is 416 g/mol. The molecule has 1 spiro atoms. The minimum absolute atomic E-state index is 0.0166. The molecule has 7 nitrogen and oxygen atoms in total. The Labute approximate surface area is 183 Å². The molecule has 32 heavy (non-hydrogen) atoms. The summed E-state index contributed by atoms with van der Waals surface area (Å²) < 4.78 is 28.1. The van der Waals surface area contributed by atoms with Crippen LogP contribution in [-0.2, 0) is 16.6 Å². The second-order valence-corrected chi connectivity index (χ2v) is 8.15. The van der Waals surface area contributed by atoms with Crippen LogP contribution in [0.2, 0.25) is 0 Å². The second-order valence-electron chi connectivity index (χ2n) is 8.15. The Morgan fingerprint density at radius 3 is 2.81 bits per heavy atom. The number of anilines is 1. The Kier molecular flexibility index (Phi) is 5.73. The normalized spacial score (nSPS) is 19.1. The van der Waals surface area contributed by atoms with Crippen LogP contribution in [0.15, 0.2) is 48.6 Å². The van der Waals surface area contributed by atoms with E-state index in [2.05, 4.69) is 32.4 Å². The van der Waals surface area contributed by atoms with E-state index >= 15 is 0 Å². The highest BCUT2D eigenvalue weighted by atomic mass is 19.1. The van der Waals surface area contributed by atoms with Gasteiger partial charge in [-0.05, 0) is 43.4 Å². The first-order valence-electron chi connectivity index (χ1n) is 10.3. The molecule has 0 unspecified atom stereocenters. The zero-order chi connectivity index (χ0) is 22.9. The molecule has 3 N–H and O–H groups in total. The number of nitrogens with zero attached hydrogens (tertiary/aromatic N) is 2. The van der Waals surface area contributed by atoms with Crippen molar-refractivity contribution in [1.29, 1.82) is 0 Å². The number of halogens is 2. The molecule has 2 heterocycles. The molecule has 2 amide bonds. The van der Waals surface area contributed by atoms with E-state index in [-0.39, 0.29) is 17.9 Å². The first kappa shape index (κ1) is 21.6. The van der Waals surface area contributed by atoms with Gasteiger partial charge in [-0.25, -0.2) is 8.78 Å². The van der Waals surface area contributed by atoms with Crippen LogP contribution >= 0.6 is 0 Å². The van der Waals surface area contributed by atoms with E-state index in [1.54, 1.807) is 0 Å². The van der Waals surface area contributed by atoms with Crippen molar-refractivity contribution in [2.75, 3.05) is 5.32 Å². The number of benzene rings is 1. The van der Waals surface area contributed by atoms with Gasteiger partial charge in [-0.1, -0.05) is 30.9 Å². The van der Waals surface area contributed by atoms with Crippen molar-refractivity contribution in [1.82, 2.24) is 20.5 Å². The molecule has 4 rings (SSSR count). The second kappa shape index (κ2) is 8.49. The molecule has 2 aromatic rings. The number of aromatic amines is 1. The number of fused-ring (bicyclic) bond motifs is 2. The molecule has 166 valence electrons. The van der Waals surface area contributed by atoms with Crippen LogP contribution in [0.5, 0.6) is 0 Å². The molecular formula is C23H23F2N5O2. The molecule has 1 fully saturated rings. The van der Waals surface area contributed by atoms with Crippen molar-refractivity contribution in [3.63, 3.8) is 0 Å². The van der Waals surface area contributed by atoms with Crippen molar-refractivity contribution in [2.24, 2.45) is 0 Å². The summed E-state index contributed by atoms with van der Waals surface area (Å²) in [5.74, 6) is -2.26. The molecule has 1 saturated carbocycles. The molecule has 1 aliphatic heterocycles. The average molecular weight is 439 g/mol. The van der Waals surface area contributed by atoms with Gasteiger partial charge in [0.05, 0.1) is 5.69 Å². The summed E-state index contributed by atoms with van der Waals surface area (Å²) in [6.07, 6.45) is 9.41. The number of carbonyl (C=O) groups is 2. The van der Waals surface area contributed by atoms with Gasteiger partial charge in [0.25, 0.3) is 5.91 Å². The van der Waals surface area contributed by atoms with Gasteiger partial charge in [0.15, 0.2) is 0 Å². The summed E-state index contributed by atoms with van der Waals surface area (Å²) in [6.45, 7) is 5.83. The maximum absolute atomic E-state index is 14.3. The lowest BCUT2D eigenvalue weighted by atomic mass is 9.89. The predicted octanol–water partition coefficient (Wildman–Crippen LogP) is 3.49. The van der Waals surface area contributed by atoms with E-state index < -0.39 is 34.9 Å². The lowest BCUT2D eigenvalue weighted by Crippen LogP contribution is -2.44. The van der Waals surface area contributed by atoms with Crippen LogP contribution in [0.3, 0.4) is 0 Å². The lowest BCUT2D eigenvalue weighted by Gasteiger charge is -2.19. The fraction of sp³-hybridized carbons (Fsp3) is 0.304. The molecule has 1 aliphatic carbocycles. The summed E-state index contributed by atoms with van der Waals surface area (Å²) in [5.41, 5.74) is 0.652. The first-order valence-corrected chi connectivity index (χ1v) is 10.3. The van der Waals surface area contributed by atoms with Crippen molar-refractivity contribution in [3.05, 3.63) is 77.4 Å². The van der Waals surface area contributed by atoms with Crippen molar-refractivity contribution in [3.8, 4) is 0 Å². The predicted molar refractivity (Wildman–Crippen MR) is 115 cm³/mol. The van der Waals surface area contributed by atoms with Gasteiger partial charge in [-0.15, -0.1) is 10.2 Å². The zero-order valence-corrected chi connectivity index (χ0v) is 17.5. The zero-order valence-electron chi connectivity index (χ0n) is 17.5. The molecule has 1 atom stereocenters. The van der Waals surface area contributed by atoms with E-state index in [1.165, 1.54) is 6.07 Å². The minimum Gasteiger partial charge on any atom is -0.337 e. The number of hydrogen-bond donors (Lipinski definition) is 3. The van der Waals surface area contributed by atoms with E-state index in [9.17, 15) is 18.4 Å². The Hall–Kier alpha value is -3.62. The highest BCUT2D eigenvalue weighted by Crippen LogP contribution is 2.55. The van der Waals surface area contributed by atoms with Crippen LogP contribution < -0.4 is 10.6 Å². The van der Waals surface area contributed by atoms with Crippen LogP contribution in [0.1, 0.15) is 48.2 Å². The fourth-order valence-corrected chi connectivity index (χ4v) is 3.95. The maximum atomic E-state index is 14.3. The minimum atomic E-state index is -0.924. The Balaban J connectivity index is 1.47. The third-order valence-electron chi connectivity index (χ3n) is 5.72. The van der Waals surface area contributed by atoms with Crippen molar-refractivity contribution in [2.45, 2.75) is 44.1 Å². The summed E-state index contributed by atoms with van der Waals surface area (Å²) in [6, 6.07) is 1.08. The standard InChI is InChI=1S/C23H23F2N5O2/c1-3-4-5-6-13(2)9-18-27-20(30-29-18)22(32)26-17-12-23(7-8-23)15-10-14(24)11-16(25)19(15)28-21(17)31/h3-6,10-11,17H,2,7-9,12H2,1H3,(H,26,32)(H,28,31)(H,27,29,30)/b4-3-,6-5-/t17-/m1/s1. The fourth-order valence-electron chi connectivity index (χ4n) is 3.95. The Morgan fingerprint density at radius 2 is 2.09 bits per heavy atom. The topological polar surface area (TPSA) is 99.8 Å². The molecule has 1 aromatic carbocycles. The molecule has 0 radical (unpaired) electrons. The highest BCUT2D eigenvalue weighted by molar-refractivity contribution is 6.01. The number of allylic oxidation sites excluding steroid dienone is 5. The summed E-state index contributed by atoms with van der Waals surface area (Å²) in [5, 5.41) is 13.0. The average Bonchev–Trinajstić information content (AvgIpc) is 3.39.